The summed E-state index contributed by atoms with van der Waals surface area (Å²) >= 11 is 6.25. The average molecular weight is 284 g/mol. The normalized spacial score (nSPS) is 14.4. The Bertz CT molecular complexity index is 381. The first-order valence-corrected chi connectivity index (χ1v) is 7.54. The van der Waals surface area contributed by atoms with Crippen molar-refractivity contribution in [2.45, 2.75) is 52.2 Å². The van der Waals surface area contributed by atoms with Crippen molar-refractivity contribution in [2.24, 2.45) is 0 Å². The Morgan fingerprint density at radius 3 is 2.53 bits per heavy atom. The van der Waals surface area contributed by atoms with E-state index in [0.29, 0.717) is 0 Å². The van der Waals surface area contributed by atoms with E-state index in [2.05, 4.69) is 37.4 Å². The minimum Gasteiger partial charge on any atom is -0.379 e. The van der Waals surface area contributed by atoms with E-state index in [9.17, 15) is 0 Å². The molecular weight excluding hydrogens is 258 g/mol. The summed E-state index contributed by atoms with van der Waals surface area (Å²) in [5.41, 5.74) is 2.33. The van der Waals surface area contributed by atoms with Gasteiger partial charge < -0.3 is 10.1 Å². The van der Waals surface area contributed by atoms with Crippen molar-refractivity contribution >= 4 is 11.6 Å². The molecule has 1 N–H and O–H groups in total. The second kappa shape index (κ2) is 8.57. The van der Waals surface area contributed by atoms with Gasteiger partial charge in [0.25, 0.3) is 0 Å². The van der Waals surface area contributed by atoms with Crippen LogP contribution in [0.1, 0.15) is 50.3 Å². The molecule has 0 aliphatic rings. The molecule has 0 aliphatic heterocycles. The molecule has 1 rings (SSSR count). The summed E-state index contributed by atoms with van der Waals surface area (Å²) in [5.74, 6) is 0. The van der Waals surface area contributed by atoms with Crippen LogP contribution in [-0.4, -0.2) is 19.8 Å². The zero-order chi connectivity index (χ0) is 14.3. The van der Waals surface area contributed by atoms with Gasteiger partial charge in [-0.1, -0.05) is 44.0 Å². The Morgan fingerprint density at radius 2 is 2.00 bits per heavy atom. The van der Waals surface area contributed by atoms with Gasteiger partial charge in [0, 0.05) is 12.1 Å². The predicted octanol–water partition coefficient (Wildman–Crippen LogP) is 4.50. The summed E-state index contributed by atoms with van der Waals surface area (Å²) < 4.78 is 5.67. The second-order valence-corrected chi connectivity index (χ2v) is 5.41. The molecule has 2 atom stereocenters. The molecule has 1 aromatic rings. The fourth-order valence-corrected chi connectivity index (χ4v) is 2.46. The van der Waals surface area contributed by atoms with Gasteiger partial charge in [0.15, 0.2) is 0 Å². The van der Waals surface area contributed by atoms with Gasteiger partial charge >= 0.3 is 0 Å². The van der Waals surface area contributed by atoms with E-state index in [0.717, 1.165) is 36.4 Å². The number of hydrogen-bond donors (Lipinski definition) is 1. The number of rotatable bonds is 8. The van der Waals surface area contributed by atoms with Gasteiger partial charge in [0.1, 0.15) is 0 Å². The van der Waals surface area contributed by atoms with E-state index in [1.807, 2.05) is 6.92 Å². The van der Waals surface area contributed by atoms with E-state index in [4.69, 9.17) is 16.3 Å². The standard InChI is InChI=1S/C16H26ClNO/c1-5-7-15(19-4)16(18-10-6-2)13-9-8-12(3)14(17)11-13/h8-9,11,15-16,18H,5-7,10H2,1-4H3. The molecule has 0 amide bonds. The van der Waals surface area contributed by atoms with E-state index in [1.165, 1.54) is 5.56 Å². The number of hydrogen-bond acceptors (Lipinski definition) is 2. The van der Waals surface area contributed by atoms with Gasteiger partial charge in [-0.3, -0.25) is 0 Å². The fourth-order valence-electron chi connectivity index (χ4n) is 2.27. The molecule has 0 radical (unpaired) electrons. The van der Waals surface area contributed by atoms with Gasteiger partial charge in [-0.2, -0.15) is 0 Å². The number of halogens is 1. The van der Waals surface area contributed by atoms with Crippen LogP contribution < -0.4 is 5.32 Å². The van der Waals surface area contributed by atoms with Crippen molar-refractivity contribution in [3.63, 3.8) is 0 Å². The molecule has 0 heterocycles. The number of aryl methyl sites for hydroxylation is 1. The highest BCUT2D eigenvalue weighted by Gasteiger charge is 2.22. The largest absolute Gasteiger partial charge is 0.379 e. The zero-order valence-corrected chi connectivity index (χ0v) is 13.3. The van der Waals surface area contributed by atoms with E-state index in [1.54, 1.807) is 7.11 Å². The first-order valence-electron chi connectivity index (χ1n) is 7.16. The van der Waals surface area contributed by atoms with Crippen LogP contribution in [0.15, 0.2) is 18.2 Å². The van der Waals surface area contributed by atoms with Crippen molar-refractivity contribution in [1.82, 2.24) is 5.32 Å². The minimum absolute atomic E-state index is 0.190. The molecule has 0 aromatic heterocycles. The van der Waals surface area contributed by atoms with Crippen LogP contribution in [-0.2, 0) is 4.74 Å². The van der Waals surface area contributed by atoms with Crippen molar-refractivity contribution in [3.8, 4) is 0 Å². The van der Waals surface area contributed by atoms with Gasteiger partial charge in [0.05, 0.1) is 12.1 Å². The summed E-state index contributed by atoms with van der Waals surface area (Å²) in [6, 6.07) is 6.50. The number of nitrogens with one attached hydrogen (secondary N) is 1. The molecule has 0 aliphatic carbocycles. The molecule has 2 nitrogen and oxygen atoms in total. The van der Waals surface area contributed by atoms with E-state index < -0.39 is 0 Å². The maximum Gasteiger partial charge on any atom is 0.0765 e. The molecule has 0 saturated carbocycles. The van der Waals surface area contributed by atoms with Gasteiger partial charge in [-0.25, -0.2) is 0 Å². The lowest BCUT2D eigenvalue weighted by Crippen LogP contribution is -2.33. The third-order valence-electron chi connectivity index (χ3n) is 3.42. The molecule has 2 unspecified atom stereocenters. The first-order chi connectivity index (χ1) is 9.13. The summed E-state index contributed by atoms with van der Waals surface area (Å²) in [6.07, 6.45) is 3.46. The Kier molecular flexibility index (Phi) is 7.44. The minimum atomic E-state index is 0.190. The van der Waals surface area contributed by atoms with E-state index >= 15 is 0 Å². The smallest absolute Gasteiger partial charge is 0.0765 e. The fraction of sp³-hybridized carbons (Fsp3) is 0.625. The van der Waals surface area contributed by atoms with E-state index in [-0.39, 0.29) is 12.1 Å². The van der Waals surface area contributed by atoms with Crippen LogP contribution in [0.3, 0.4) is 0 Å². The summed E-state index contributed by atoms with van der Waals surface area (Å²) in [4.78, 5) is 0. The predicted molar refractivity (Wildman–Crippen MR) is 82.9 cm³/mol. The Hall–Kier alpha value is -0.570. The quantitative estimate of drug-likeness (QED) is 0.758. The number of methoxy groups -OCH3 is 1. The third kappa shape index (κ3) is 4.79. The number of ether oxygens (including phenoxy) is 1. The summed E-state index contributed by atoms with van der Waals surface area (Å²) in [7, 11) is 1.79. The highest BCUT2D eigenvalue weighted by Crippen LogP contribution is 2.26. The van der Waals surface area contributed by atoms with Gasteiger partial charge in [-0.05, 0) is 43.5 Å². The molecule has 0 bridgehead atoms. The van der Waals surface area contributed by atoms with Gasteiger partial charge in [0.2, 0.25) is 0 Å². The van der Waals surface area contributed by atoms with Crippen LogP contribution >= 0.6 is 11.6 Å². The van der Waals surface area contributed by atoms with Crippen molar-refractivity contribution in [2.75, 3.05) is 13.7 Å². The molecule has 0 fully saturated rings. The van der Waals surface area contributed by atoms with Crippen LogP contribution in [0.5, 0.6) is 0 Å². The lowest BCUT2D eigenvalue weighted by Gasteiger charge is -2.27. The van der Waals surface area contributed by atoms with Crippen molar-refractivity contribution in [3.05, 3.63) is 34.3 Å². The lowest BCUT2D eigenvalue weighted by molar-refractivity contribution is 0.0606. The molecule has 3 heteroatoms. The summed E-state index contributed by atoms with van der Waals surface area (Å²) in [5, 5.41) is 4.41. The highest BCUT2D eigenvalue weighted by atomic mass is 35.5. The Labute approximate surface area is 122 Å². The molecule has 1 aromatic carbocycles. The third-order valence-corrected chi connectivity index (χ3v) is 3.82. The van der Waals surface area contributed by atoms with Crippen molar-refractivity contribution < 1.29 is 4.74 Å². The molecule has 0 saturated heterocycles. The number of benzene rings is 1. The maximum atomic E-state index is 6.25. The van der Waals surface area contributed by atoms with Crippen LogP contribution in [0, 0.1) is 6.92 Å². The second-order valence-electron chi connectivity index (χ2n) is 5.00. The zero-order valence-electron chi connectivity index (χ0n) is 12.5. The molecule has 19 heavy (non-hydrogen) atoms. The molecule has 108 valence electrons. The molecule has 0 spiro atoms. The Morgan fingerprint density at radius 1 is 1.26 bits per heavy atom. The first kappa shape index (κ1) is 16.5. The highest BCUT2D eigenvalue weighted by molar-refractivity contribution is 6.31. The maximum absolute atomic E-state index is 6.25. The summed E-state index contributed by atoms with van der Waals surface area (Å²) in [6.45, 7) is 7.37. The molecular formula is C16H26ClNO. The van der Waals surface area contributed by atoms with Crippen LogP contribution in [0.2, 0.25) is 5.02 Å². The van der Waals surface area contributed by atoms with Gasteiger partial charge in [-0.15, -0.1) is 0 Å². The van der Waals surface area contributed by atoms with Crippen LogP contribution in [0.4, 0.5) is 0 Å². The van der Waals surface area contributed by atoms with Crippen molar-refractivity contribution in [1.29, 1.82) is 0 Å². The monoisotopic (exact) mass is 283 g/mol. The lowest BCUT2D eigenvalue weighted by atomic mass is 9.97. The SMILES string of the molecule is CCCNC(c1ccc(C)c(Cl)c1)C(CCC)OC. The topological polar surface area (TPSA) is 21.3 Å². The van der Waals surface area contributed by atoms with Crippen LogP contribution in [0.25, 0.3) is 0 Å². The average Bonchev–Trinajstić information content (AvgIpc) is 2.41. The Balaban J connectivity index is 2.96.